The van der Waals surface area contributed by atoms with Crippen molar-refractivity contribution in [3.63, 3.8) is 0 Å². The zero-order chi connectivity index (χ0) is 15.6. The molecule has 0 amide bonds. The number of hydrogen-bond acceptors (Lipinski definition) is 4. The summed E-state index contributed by atoms with van der Waals surface area (Å²) in [6, 6.07) is 9.39. The van der Waals surface area contributed by atoms with Crippen molar-refractivity contribution in [3.05, 3.63) is 35.9 Å². The van der Waals surface area contributed by atoms with Gasteiger partial charge in [-0.1, -0.05) is 30.3 Å². The zero-order valence-electron chi connectivity index (χ0n) is 13.1. The first-order chi connectivity index (χ1) is 10.5. The van der Waals surface area contributed by atoms with Gasteiger partial charge in [0.2, 0.25) is 10.0 Å². The topological polar surface area (TPSA) is 49.9 Å². The van der Waals surface area contributed by atoms with Gasteiger partial charge in [0.1, 0.15) is 0 Å². The Bertz CT molecular complexity index is 605. The van der Waals surface area contributed by atoms with Gasteiger partial charge in [-0.2, -0.15) is 4.31 Å². The van der Waals surface area contributed by atoms with E-state index in [0.717, 1.165) is 25.1 Å². The van der Waals surface area contributed by atoms with E-state index in [1.54, 1.807) is 4.31 Å². The van der Waals surface area contributed by atoms with E-state index in [0.29, 0.717) is 26.3 Å². The van der Waals surface area contributed by atoms with Crippen molar-refractivity contribution in [2.75, 3.05) is 46.4 Å². The Morgan fingerprint density at radius 3 is 2.64 bits per heavy atom. The smallest absolute Gasteiger partial charge is 0.218 e. The van der Waals surface area contributed by atoms with Gasteiger partial charge in [-0.25, -0.2) is 8.42 Å². The van der Waals surface area contributed by atoms with E-state index >= 15 is 0 Å². The Morgan fingerprint density at radius 1 is 1.18 bits per heavy atom. The summed E-state index contributed by atoms with van der Waals surface area (Å²) in [4.78, 5) is 2.26. The van der Waals surface area contributed by atoms with Crippen LogP contribution < -0.4 is 0 Å². The van der Waals surface area contributed by atoms with Crippen LogP contribution in [0.15, 0.2) is 30.3 Å². The molecule has 2 aliphatic heterocycles. The predicted molar refractivity (Wildman–Crippen MR) is 86.0 cm³/mol. The van der Waals surface area contributed by atoms with Crippen molar-refractivity contribution in [2.45, 2.75) is 12.2 Å². The van der Waals surface area contributed by atoms with E-state index in [9.17, 15) is 8.42 Å². The lowest BCUT2D eigenvalue weighted by Gasteiger charge is -2.31. The van der Waals surface area contributed by atoms with Crippen LogP contribution in [0.25, 0.3) is 0 Å². The van der Waals surface area contributed by atoms with E-state index in [4.69, 9.17) is 4.74 Å². The molecule has 3 rings (SSSR count). The summed E-state index contributed by atoms with van der Waals surface area (Å²) in [6.45, 7) is 4.10. The minimum Gasteiger partial charge on any atom is -0.379 e. The van der Waals surface area contributed by atoms with Crippen LogP contribution in [0, 0.1) is 5.41 Å². The molecule has 122 valence electrons. The zero-order valence-corrected chi connectivity index (χ0v) is 13.9. The first-order valence-electron chi connectivity index (χ1n) is 7.77. The molecule has 1 atom stereocenters. The molecule has 0 radical (unpaired) electrons. The molecule has 1 aromatic rings. The highest BCUT2D eigenvalue weighted by atomic mass is 32.2. The predicted octanol–water partition coefficient (Wildman–Crippen LogP) is 1.17. The molecule has 6 heteroatoms. The van der Waals surface area contributed by atoms with E-state index < -0.39 is 10.0 Å². The number of benzene rings is 1. The Hall–Kier alpha value is -0.950. The molecule has 2 saturated heterocycles. The molecule has 2 heterocycles. The first kappa shape index (κ1) is 15.9. The van der Waals surface area contributed by atoms with Gasteiger partial charge >= 0.3 is 0 Å². The number of likely N-dealkylation sites (tertiary alicyclic amines) is 1. The average molecular weight is 324 g/mol. The highest BCUT2D eigenvalue weighted by Crippen LogP contribution is 2.33. The van der Waals surface area contributed by atoms with Crippen LogP contribution >= 0.6 is 0 Å². The van der Waals surface area contributed by atoms with Crippen molar-refractivity contribution in [3.8, 4) is 0 Å². The molecule has 0 N–H and O–H groups in total. The third-order valence-corrected chi connectivity index (χ3v) is 6.42. The first-order valence-corrected chi connectivity index (χ1v) is 9.38. The largest absolute Gasteiger partial charge is 0.379 e. The molecule has 1 unspecified atom stereocenters. The summed E-state index contributed by atoms with van der Waals surface area (Å²) < 4.78 is 32.9. The van der Waals surface area contributed by atoms with Crippen molar-refractivity contribution in [1.82, 2.24) is 9.21 Å². The van der Waals surface area contributed by atoms with Gasteiger partial charge < -0.3 is 9.64 Å². The Kier molecular flexibility index (Phi) is 4.54. The number of ether oxygens (including phenoxy) is 1. The molecule has 1 aromatic carbocycles. The normalized spacial score (nSPS) is 28.0. The van der Waals surface area contributed by atoms with E-state index in [1.807, 2.05) is 30.3 Å². The van der Waals surface area contributed by atoms with Crippen LogP contribution in [-0.4, -0.2) is 64.1 Å². The summed E-state index contributed by atoms with van der Waals surface area (Å²) >= 11 is 0. The summed E-state index contributed by atoms with van der Waals surface area (Å²) in [7, 11) is -1.22. The molecule has 2 aliphatic rings. The molecular formula is C16H24N2O3S. The highest BCUT2D eigenvalue weighted by Gasteiger charge is 2.42. The average Bonchev–Trinajstić information content (AvgIpc) is 2.70. The number of nitrogens with zero attached hydrogens (tertiary/aromatic N) is 2. The molecule has 22 heavy (non-hydrogen) atoms. The summed E-state index contributed by atoms with van der Waals surface area (Å²) in [5.41, 5.74) is 0.792. The molecular weight excluding hydrogens is 300 g/mol. The Labute approximate surface area is 132 Å². The van der Waals surface area contributed by atoms with E-state index in [-0.39, 0.29) is 11.2 Å². The van der Waals surface area contributed by atoms with Gasteiger partial charge in [-0.05, 0) is 25.6 Å². The Morgan fingerprint density at radius 2 is 1.95 bits per heavy atom. The summed E-state index contributed by atoms with van der Waals surface area (Å²) in [6.07, 6.45) is 1.00. The van der Waals surface area contributed by atoms with Gasteiger partial charge in [0.15, 0.2) is 0 Å². The van der Waals surface area contributed by atoms with Crippen LogP contribution in [0.1, 0.15) is 12.0 Å². The lowest BCUT2D eigenvalue weighted by molar-refractivity contribution is 0.0743. The fraction of sp³-hybridized carbons (Fsp3) is 0.625. The maximum atomic E-state index is 12.8. The van der Waals surface area contributed by atoms with Crippen molar-refractivity contribution >= 4 is 10.0 Å². The third-order valence-electron chi connectivity index (χ3n) is 4.62. The fourth-order valence-electron chi connectivity index (χ4n) is 3.47. The summed E-state index contributed by atoms with van der Waals surface area (Å²) in [5.74, 6) is 0.0692. The van der Waals surface area contributed by atoms with Crippen molar-refractivity contribution in [1.29, 1.82) is 0 Å². The second kappa shape index (κ2) is 6.28. The highest BCUT2D eigenvalue weighted by molar-refractivity contribution is 7.88. The minimum atomic E-state index is -3.31. The monoisotopic (exact) mass is 324 g/mol. The number of rotatable bonds is 3. The van der Waals surface area contributed by atoms with Crippen molar-refractivity contribution in [2.24, 2.45) is 5.41 Å². The third kappa shape index (κ3) is 3.51. The second-order valence-electron chi connectivity index (χ2n) is 6.62. The van der Waals surface area contributed by atoms with Gasteiger partial charge in [0.25, 0.3) is 0 Å². The lowest BCUT2D eigenvalue weighted by Crippen LogP contribution is -2.43. The molecule has 2 fully saturated rings. The van der Waals surface area contributed by atoms with Crippen LogP contribution in [0.2, 0.25) is 0 Å². The van der Waals surface area contributed by atoms with Crippen LogP contribution in [0.3, 0.4) is 0 Å². The molecule has 5 nitrogen and oxygen atoms in total. The van der Waals surface area contributed by atoms with Crippen LogP contribution in [0.4, 0.5) is 0 Å². The summed E-state index contributed by atoms with van der Waals surface area (Å²) in [5, 5.41) is 0. The van der Waals surface area contributed by atoms with E-state index in [1.165, 1.54) is 0 Å². The Balaban J connectivity index is 1.77. The fourth-order valence-corrected chi connectivity index (χ4v) is 5.09. The van der Waals surface area contributed by atoms with Gasteiger partial charge in [0, 0.05) is 25.0 Å². The van der Waals surface area contributed by atoms with Crippen LogP contribution in [-0.2, 0) is 20.5 Å². The number of sulfonamides is 1. The molecule has 1 spiro atoms. The quantitative estimate of drug-likeness (QED) is 0.837. The molecule has 0 bridgehead atoms. The van der Waals surface area contributed by atoms with Gasteiger partial charge in [-0.15, -0.1) is 0 Å². The molecule has 0 aromatic heterocycles. The van der Waals surface area contributed by atoms with E-state index in [2.05, 4.69) is 11.9 Å². The van der Waals surface area contributed by atoms with Crippen LogP contribution in [0.5, 0.6) is 0 Å². The maximum Gasteiger partial charge on any atom is 0.218 e. The standard InChI is InChI=1S/C16H24N2O3S/c1-17-8-7-16(12-17)13-18(9-10-21-14-16)22(19,20)11-15-5-3-2-4-6-15/h2-6H,7-14H2,1H3. The number of hydrogen-bond donors (Lipinski definition) is 0. The van der Waals surface area contributed by atoms with Gasteiger partial charge in [-0.3, -0.25) is 0 Å². The second-order valence-corrected chi connectivity index (χ2v) is 8.58. The minimum absolute atomic E-state index is 0.0466. The van der Waals surface area contributed by atoms with Crippen molar-refractivity contribution < 1.29 is 13.2 Å². The SMILES string of the molecule is CN1CCC2(COCCN(S(=O)(=O)Cc3ccccc3)C2)C1. The molecule has 0 aliphatic carbocycles. The maximum absolute atomic E-state index is 12.8. The molecule has 0 saturated carbocycles. The van der Waals surface area contributed by atoms with Gasteiger partial charge in [0.05, 0.1) is 19.0 Å². The lowest BCUT2D eigenvalue weighted by atomic mass is 9.88.